The fourth-order valence-corrected chi connectivity index (χ4v) is 3.91. The average molecular weight is 385 g/mol. The number of nitrogens with zero attached hydrogens (tertiary/aromatic N) is 2. The molecule has 0 saturated heterocycles. The summed E-state index contributed by atoms with van der Waals surface area (Å²) in [6.45, 7) is 0.600. The highest BCUT2D eigenvalue weighted by atomic mass is 32.1. The molecule has 0 aliphatic rings. The number of thiophene rings is 1. The number of hydrogen-bond acceptors (Lipinski definition) is 7. The summed E-state index contributed by atoms with van der Waals surface area (Å²) in [5.74, 6) is 0.364. The van der Waals surface area contributed by atoms with Crippen LogP contribution in [-0.2, 0) is 22.7 Å². The van der Waals surface area contributed by atoms with Gasteiger partial charge in [0.25, 0.3) is 0 Å². The Morgan fingerprint density at radius 2 is 2.12 bits per heavy atom. The molecule has 0 radical (unpaired) electrons. The number of aromatic nitrogens is 2. The van der Waals surface area contributed by atoms with Crippen LogP contribution in [0.5, 0.6) is 0 Å². The van der Waals surface area contributed by atoms with Crippen molar-refractivity contribution in [3.63, 3.8) is 0 Å². The minimum Gasteiger partial charge on any atom is -0.443 e. The molecule has 0 aliphatic heterocycles. The number of ether oxygens (including phenoxy) is 1. The molecule has 6 nitrogen and oxygen atoms in total. The summed E-state index contributed by atoms with van der Waals surface area (Å²) in [6, 6.07) is 11.8. The number of amides is 1. The highest BCUT2D eigenvalue weighted by molar-refractivity contribution is 7.18. The Labute approximate surface area is 157 Å². The molecule has 1 aromatic carbocycles. The molecule has 0 spiro atoms. The van der Waals surface area contributed by atoms with Crippen LogP contribution in [0.4, 0.5) is 0 Å². The number of benzene rings is 1. The molecule has 0 saturated carbocycles. The van der Waals surface area contributed by atoms with Gasteiger partial charge in [0.05, 0.1) is 33.9 Å². The first-order valence-corrected chi connectivity index (χ1v) is 9.65. The molecule has 0 unspecified atom stereocenters. The second-order valence-electron chi connectivity index (χ2n) is 5.47. The predicted molar refractivity (Wildman–Crippen MR) is 101 cm³/mol. The molecular weight excluding hydrogens is 370 g/mol. The molecule has 1 N–H and O–H groups in total. The normalized spacial score (nSPS) is 11.1. The summed E-state index contributed by atoms with van der Waals surface area (Å²) < 4.78 is 12.0. The van der Waals surface area contributed by atoms with E-state index in [0.717, 1.165) is 20.1 Å². The molecule has 0 bridgehead atoms. The lowest BCUT2D eigenvalue weighted by Crippen LogP contribution is -2.27. The number of thiazole rings is 1. The van der Waals surface area contributed by atoms with Crippen LogP contribution in [0.25, 0.3) is 21.0 Å². The summed E-state index contributed by atoms with van der Waals surface area (Å²) in [5.41, 5.74) is 1.63. The van der Waals surface area contributed by atoms with Gasteiger partial charge < -0.3 is 14.5 Å². The van der Waals surface area contributed by atoms with Crippen LogP contribution >= 0.6 is 22.7 Å². The predicted octanol–water partition coefficient (Wildman–Crippen LogP) is 3.85. The lowest BCUT2D eigenvalue weighted by molar-refractivity contribution is -0.126. The van der Waals surface area contributed by atoms with Crippen LogP contribution in [0.3, 0.4) is 0 Å². The van der Waals surface area contributed by atoms with E-state index in [1.807, 2.05) is 41.8 Å². The number of fused-ring (bicyclic) bond motifs is 1. The number of nitrogens with one attached hydrogen (secondary N) is 1. The number of hydrogen-bond donors (Lipinski definition) is 1. The quantitative estimate of drug-likeness (QED) is 0.523. The number of rotatable bonds is 7. The molecule has 4 rings (SSSR count). The van der Waals surface area contributed by atoms with Crippen molar-refractivity contribution in [2.24, 2.45) is 0 Å². The molecule has 3 aromatic heterocycles. The summed E-state index contributed by atoms with van der Waals surface area (Å²) in [5, 5.41) is 5.59. The van der Waals surface area contributed by atoms with Crippen LogP contribution in [-0.4, -0.2) is 22.5 Å². The molecule has 26 heavy (non-hydrogen) atoms. The van der Waals surface area contributed by atoms with Gasteiger partial charge in [0.2, 0.25) is 11.8 Å². The van der Waals surface area contributed by atoms with Gasteiger partial charge in [0, 0.05) is 0 Å². The maximum absolute atomic E-state index is 11.9. The van der Waals surface area contributed by atoms with Gasteiger partial charge in [0.1, 0.15) is 17.9 Å². The smallest absolute Gasteiger partial charge is 0.246 e. The zero-order valence-corrected chi connectivity index (χ0v) is 15.3. The van der Waals surface area contributed by atoms with Crippen molar-refractivity contribution in [3.05, 3.63) is 58.7 Å². The summed E-state index contributed by atoms with van der Waals surface area (Å²) in [7, 11) is 0. The standard InChI is InChI=1S/C18H15N3O3S2/c22-16(10-23-11-17-21-13-4-1-2-5-14(13)26-17)19-8-12-9-24-18(20-12)15-6-3-7-25-15/h1-7,9H,8,10-11H2,(H,19,22). The second kappa shape index (κ2) is 7.77. The topological polar surface area (TPSA) is 77.2 Å². The van der Waals surface area contributed by atoms with Crippen LogP contribution in [0, 0.1) is 0 Å². The highest BCUT2D eigenvalue weighted by Crippen LogP contribution is 2.23. The van der Waals surface area contributed by atoms with Gasteiger partial charge in [-0.3, -0.25) is 4.79 Å². The van der Waals surface area contributed by atoms with E-state index in [1.165, 1.54) is 0 Å². The second-order valence-corrected chi connectivity index (χ2v) is 7.53. The molecule has 0 aliphatic carbocycles. The van der Waals surface area contributed by atoms with Crippen molar-refractivity contribution in [1.29, 1.82) is 0 Å². The zero-order valence-electron chi connectivity index (χ0n) is 13.7. The summed E-state index contributed by atoms with van der Waals surface area (Å²) in [4.78, 5) is 21.7. The summed E-state index contributed by atoms with van der Waals surface area (Å²) in [6.07, 6.45) is 1.55. The lowest BCUT2D eigenvalue weighted by Gasteiger charge is -2.03. The molecule has 132 valence electrons. The van der Waals surface area contributed by atoms with Gasteiger partial charge in [-0.25, -0.2) is 9.97 Å². The summed E-state index contributed by atoms with van der Waals surface area (Å²) >= 11 is 3.13. The third-order valence-electron chi connectivity index (χ3n) is 3.55. The first-order chi connectivity index (χ1) is 12.8. The van der Waals surface area contributed by atoms with Crippen molar-refractivity contribution in [2.75, 3.05) is 6.61 Å². The van der Waals surface area contributed by atoms with E-state index < -0.39 is 0 Å². The van der Waals surface area contributed by atoms with E-state index in [1.54, 1.807) is 28.9 Å². The number of oxazole rings is 1. The Morgan fingerprint density at radius 1 is 1.19 bits per heavy atom. The van der Waals surface area contributed by atoms with E-state index in [4.69, 9.17) is 9.15 Å². The number of para-hydroxylation sites is 1. The van der Waals surface area contributed by atoms with Crippen molar-refractivity contribution < 1.29 is 13.9 Å². The van der Waals surface area contributed by atoms with Crippen LogP contribution in [0.2, 0.25) is 0 Å². The average Bonchev–Trinajstić information content (AvgIpc) is 3.38. The molecule has 8 heteroatoms. The molecule has 0 atom stereocenters. The lowest BCUT2D eigenvalue weighted by atomic mass is 10.3. The van der Waals surface area contributed by atoms with Gasteiger partial charge in [-0.2, -0.15) is 0 Å². The Morgan fingerprint density at radius 3 is 2.96 bits per heavy atom. The van der Waals surface area contributed by atoms with Crippen LogP contribution in [0.1, 0.15) is 10.7 Å². The Balaban J connectivity index is 1.23. The van der Waals surface area contributed by atoms with Gasteiger partial charge in [0.15, 0.2) is 0 Å². The van der Waals surface area contributed by atoms with Gasteiger partial charge in [-0.1, -0.05) is 18.2 Å². The van der Waals surface area contributed by atoms with Crippen molar-refractivity contribution in [3.8, 4) is 10.8 Å². The number of carbonyl (C=O) groups is 1. The molecule has 1 amide bonds. The van der Waals surface area contributed by atoms with E-state index in [2.05, 4.69) is 15.3 Å². The van der Waals surface area contributed by atoms with E-state index >= 15 is 0 Å². The largest absolute Gasteiger partial charge is 0.443 e. The van der Waals surface area contributed by atoms with Crippen molar-refractivity contribution in [2.45, 2.75) is 13.2 Å². The van der Waals surface area contributed by atoms with Gasteiger partial charge in [-0.15, -0.1) is 22.7 Å². The van der Waals surface area contributed by atoms with Crippen LogP contribution < -0.4 is 5.32 Å². The van der Waals surface area contributed by atoms with E-state index in [-0.39, 0.29) is 12.5 Å². The third-order valence-corrected chi connectivity index (χ3v) is 5.42. The zero-order chi connectivity index (χ0) is 17.8. The third kappa shape index (κ3) is 3.98. The SMILES string of the molecule is O=C(COCc1nc2ccccc2s1)NCc1coc(-c2cccs2)n1. The first kappa shape index (κ1) is 16.9. The monoisotopic (exact) mass is 385 g/mol. The van der Waals surface area contributed by atoms with Crippen LogP contribution in [0.15, 0.2) is 52.5 Å². The Hall–Kier alpha value is -2.55. The molecule has 3 heterocycles. The van der Waals surface area contributed by atoms with Crippen molar-refractivity contribution >= 4 is 38.8 Å². The Kier molecular flexibility index (Phi) is 5.05. The number of carbonyl (C=O) groups excluding carboxylic acids is 1. The van der Waals surface area contributed by atoms with Gasteiger partial charge >= 0.3 is 0 Å². The minimum atomic E-state index is -0.202. The Bertz CT molecular complexity index is 975. The van der Waals surface area contributed by atoms with Crippen molar-refractivity contribution in [1.82, 2.24) is 15.3 Å². The highest BCUT2D eigenvalue weighted by Gasteiger charge is 2.09. The minimum absolute atomic E-state index is 0.0223. The van der Waals surface area contributed by atoms with E-state index in [9.17, 15) is 4.79 Å². The van der Waals surface area contributed by atoms with Gasteiger partial charge in [-0.05, 0) is 23.6 Å². The van der Waals surface area contributed by atoms with E-state index in [0.29, 0.717) is 24.7 Å². The fraction of sp³-hybridized carbons (Fsp3) is 0.167. The first-order valence-electron chi connectivity index (χ1n) is 7.95. The molecular formula is C18H15N3O3S2. The fourth-order valence-electron chi connectivity index (χ4n) is 2.35. The molecule has 4 aromatic rings. The maximum atomic E-state index is 11.9. The maximum Gasteiger partial charge on any atom is 0.246 e. The molecule has 0 fully saturated rings.